The Morgan fingerprint density at radius 3 is 2.43 bits per heavy atom. The van der Waals surface area contributed by atoms with Crippen molar-refractivity contribution in [2.45, 2.75) is 0 Å². The van der Waals surface area contributed by atoms with Crippen LogP contribution >= 0.6 is 0 Å². The minimum absolute atomic E-state index is 0.237. The number of benzene rings is 1. The lowest BCUT2D eigenvalue weighted by Crippen LogP contribution is -2.24. The third kappa shape index (κ3) is 4.00. The zero-order valence-electron chi connectivity index (χ0n) is 11.2. The zero-order chi connectivity index (χ0) is 15.2. The van der Waals surface area contributed by atoms with E-state index in [-0.39, 0.29) is 11.6 Å². The van der Waals surface area contributed by atoms with Crippen molar-refractivity contribution in [1.82, 2.24) is 10.3 Å². The van der Waals surface area contributed by atoms with E-state index in [0.717, 1.165) is 12.3 Å². The maximum atomic E-state index is 12.7. The van der Waals surface area contributed by atoms with E-state index >= 15 is 0 Å². The van der Waals surface area contributed by atoms with Crippen LogP contribution in [0.2, 0.25) is 0 Å². The van der Waals surface area contributed by atoms with Crippen molar-refractivity contribution in [3.05, 3.63) is 54.1 Å². The van der Waals surface area contributed by atoms with Gasteiger partial charge in [0.25, 0.3) is 5.91 Å². The Morgan fingerprint density at radius 2 is 1.81 bits per heavy atom. The molecular weight excluding hydrogens is 275 g/mol. The quantitative estimate of drug-likeness (QED) is 0.757. The second-order valence-corrected chi connectivity index (χ2v) is 4.11. The third-order valence-electron chi connectivity index (χ3n) is 2.59. The lowest BCUT2D eigenvalue weighted by atomic mass is 10.2. The first-order valence-electron chi connectivity index (χ1n) is 6.10. The molecule has 0 unspecified atom stereocenters. The van der Waals surface area contributed by atoms with E-state index in [1.54, 1.807) is 24.3 Å². The normalized spacial score (nSPS) is 9.81. The summed E-state index contributed by atoms with van der Waals surface area (Å²) in [5.74, 6) is -1.07. The van der Waals surface area contributed by atoms with Crippen LogP contribution in [0.1, 0.15) is 10.4 Å². The van der Waals surface area contributed by atoms with Crippen LogP contribution in [-0.4, -0.2) is 24.0 Å². The van der Waals surface area contributed by atoms with Crippen LogP contribution in [0.5, 0.6) is 0 Å². The smallest absolute Gasteiger partial charge is 0.318 e. The minimum atomic E-state index is -0.650. The fourth-order valence-electron chi connectivity index (χ4n) is 1.58. The molecule has 2 rings (SSSR count). The van der Waals surface area contributed by atoms with E-state index in [2.05, 4.69) is 20.9 Å². The van der Waals surface area contributed by atoms with Gasteiger partial charge in [0.1, 0.15) is 0 Å². The van der Waals surface area contributed by atoms with E-state index in [0.29, 0.717) is 11.4 Å². The topological polar surface area (TPSA) is 83.1 Å². The Balaban J connectivity index is 2.08. The van der Waals surface area contributed by atoms with Crippen molar-refractivity contribution in [2.75, 3.05) is 17.7 Å². The monoisotopic (exact) mass is 288 g/mol. The van der Waals surface area contributed by atoms with Crippen molar-refractivity contribution in [2.24, 2.45) is 0 Å². The van der Waals surface area contributed by atoms with Crippen LogP contribution in [-0.2, 0) is 0 Å². The molecule has 1 heterocycles. The number of carbonyl (C=O) groups excluding carboxylic acids is 2. The number of hydrogen-bond donors (Lipinski definition) is 3. The average molecular weight is 288 g/mol. The number of hydrogen-bond acceptors (Lipinski definition) is 3. The van der Waals surface area contributed by atoms with Gasteiger partial charge in [0.2, 0.25) is 5.95 Å². The summed E-state index contributed by atoms with van der Waals surface area (Å²) in [6, 6.07) is 8.73. The number of amides is 3. The van der Waals surface area contributed by atoms with Crippen LogP contribution in [0.3, 0.4) is 0 Å². The number of halogens is 1. The summed E-state index contributed by atoms with van der Waals surface area (Å²) < 4.78 is 12.7. The van der Waals surface area contributed by atoms with Gasteiger partial charge in [0.05, 0.1) is 5.56 Å². The molecule has 1 aromatic heterocycles. The molecule has 2 aromatic rings. The second kappa shape index (κ2) is 6.47. The molecule has 6 nitrogen and oxygen atoms in total. The summed E-state index contributed by atoms with van der Waals surface area (Å²) in [5, 5.41) is 7.65. The fraction of sp³-hybridized carbons (Fsp3) is 0.0714. The number of carbonyl (C=O) groups is 2. The van der Waals surface area contributed by atoms with Crippen molar-refractivity contribution in [1.29, 1.82) is 0 Å². The van der Waals surface area contributed by atoms with Gasteiger partial charge in [-0.1, -0.05) is 6.07 Å². The highest BCUT2D eigenvalue weighted by Gasteiger charge is 2.07. The third-order valence-corrected chi connectivity index (χ3v) is 2.59. The molecule has 0 bridgehead atoms. The highest BCUT2D eigenvalue weighted by molar-refractivity contribution is 6.04. The second-order valence-electron chi connectivity index (χ2n) is 4.11. The molecule has 0 spiro atoms. The van der Waals surface area contributed by atoms with E-state index < -0.39 is 11.9 Å². The highest BCUT2D eigenvalue weighted by Crippen LogP contribution is 2.16. The molecule has 0 aliphatic heterocycles. The Hall–Kier alpha value is -2.96. The zero-order valence-corrected chi connectivity index (χ0v) is 11.2. The molecule has 3 amide bonds. The molecule has 108 valence electrons. The number of aromatic nitrogens is 1. The minimum Gasteiger partial charge on any atom is -0.341 e. The van der Waals surface area contributed by atoms with Crippen molar-refractivity contribution in [3.8, 4) is 0 Å². The predicted octanol–water partition coefficient (Wildman–Crippen LogP) is 2.22. The lowest BCUT2D eigenvalue weighted by Gasteiger charge is -2.08. The Labute approximate surface area is 120 Å². The number of nitrogens with zero attached hydrogens (tertiary/aromatic N) is 1. The molecule has 0 aliphatic carbocycles. The van der Waals surface area contributed by atoms with Crippen LogP contribution in [0.25, 0.3) is 0 Å². The van der Waals surface area contributed by atoms with Gasteiger partial charge in [-0.2, -0.15) is 4.39 Å². The van der Waals surface area contributed by atoms with Crippen molar-refractivity contribution >= 4 is 23.3 Å². The first kappa shape index (κ1) is 14.4. The van der Waals surface area contributed by atoms with Crippen molar-refractivity contribution < 1.29 is 14.0 Å². The maximum absolute atomic E-state index is 12.7. The average Bonchev–Trinajstić information content (AvgIpc) is 2.48. The highest BCUT2D eigenvalue weighted by atomic mass is 19.1. The molecule has 3 N–H and O–H groups in total. The summed E-state index contributed by atoms with van der Waals surface area (Å²) in [6.45, 7) is 0. The summed E-state index contributed by atoms with van der Waals surface area (Å²) in [4.78, 5) is 26.6. The predicted molar refractivity (Wildman–Crippen MR) is 76.7 cm³/mol. The van der Waals surface area contributed by atoms with Crippen molar-refractivity contribution in [3.63, 3.8) is 0 Å². The number of anilines is 2. The molecule has 0 saturated heterocycles. The summed E-state index contributed by atoms with van der Waals surface area (Å²) >= 11 is 0. The maximum Gasteiger partial charge on any atom is 0.318 e. The van der Waals surface area contributed by atoms with Gasteiger partial charge in [-0.05, 0) is 30.3 Å². The first-order valence-corrected chi connectivity index (χ1v) is 6.10. The first-order chi connectivity index (χ1) is 10.1. The van der Waals surface area contributed by atoms with E-state index in [1.165, 1.54) is 13.1 Å². The summed E-state index contributed by atoms with van der Waals surface area (Å²) in [5.41, 5.74) is 1.27. The Bertz CT molecular complexity index is 658. The van der Waals surface area contributed by atoms with E-state index in [9.17, 15) is 14.0 Å². The molecule has 1 aromatic carbocycles. The van der Waals surface area contributed by atoms with Crippen LogP contribution in [0, 0.1) is 5.95 Å². The lowest BCUT2D eigenvalue weighted by molar-refractivity contribution is 0.102. The Morgan fingerprint density at radius 1 is 1.10 bits per heavy atom. The van der Waals surface area contributed by atoms with E-state index in [1.807, 2.05) is 0 Å². The van der Waals surface area contributed by atoms with Gasteiger partial charge in [-0.25, -0.2) is 9.78 Å². The summed E-state index contributed by atoms with van der Waals surface area (Å²) in [7, 11) is 1.50. The van der Waals surface area contributed by atoms with Gasteiger partial charge in [0, 0.05) is 24.6 Å². The van der Waals surface area contributed by atoms with E-state index in [4.69, 9.17) is 0 Å². The summed E-state index contributed by atoms with van der Waals surface area (Å²) in [6.07, 6.45) is 1.15. The van der Waals surface area contributed by atoms with Crippen LogP contribution in [0.4, 0.5) is 20.6 Å². The molecule has 0 aliphatic rings. The van der Waals surface area contributed by atoms with Gasteiger partial charge in [-0.15, -0.1) is 0 Å². The molecular formula is C14H13FN4O2. The van der Waals surface area contributed by atoms with Gasteiger partial charge < -0.3 is 16.0 Å². The molecule has 7 heteroatoms. The largest absolute Gasteiger partial charge is 0.341 e. The molecule has 0 saturated carbocycles. The van der Waals surface area contributed by atoms with Gasteiger partial charge in [0.15, 0.2) is 0 Å². The molecule has 0 fully saturated rings. The molecule has 21 heavy (non-hydrogen) atoms. The van der Waals surface area contributed by atoms with Gasteiger partial charge in [-0.3, -0.25) is 4.79 Å². The molecule has 0 radical (unpaired) electrons. The van der Waals surface area contributed by atoms with Crippen LogP contribution in [0.15, 0.2) is 42.6 Å². The number of pyridine rings is 1. The standard InChI is InChI=1S/C14H13FN4O2/c1-16-14(21)19-11-4-2-3-10(7-11)18-13(20)9-5-6-12(15)17-8-9/h2-8H,1H3,(H,18,20)(H2,16,19,21). The van der Waals surface area contributed by atoms with Gasteiger partial charge >= 0.3 is 6.03 Å². The van der Waals surface area contributed by atoms with Crippen LogP contribution < -0.4 is 16.0 Å². The SMILES string of the molecule is CNC(=O)Nc1cccc(NC(=O)c2ccc(F)nc2)c1. The fourth-order valence-corrected chi connectivity index (χ4v) is 1.58. The number of rotatable bonds is 3. The molecule has 0 atom stereocenters. The number of urea groups is 1. The Kier molecular flexibility index (Phi) is 4.45. The number of nitrogens with one attached hydrogen (secondary N) is 3.